The molecule has 0 saturated heterocycles. The molecule has 0 spiro atoms. The molecule has 3 rings (SSSR count). The molecule has 2 aromatic rings. The third-order valence-electron chi connectivity index (χ3n) is 4.05. The number of ether oxygens (including phenoxy) is 1. The Bertz CT molecular complexity index is 718. The lowest BCUT2D eigenvalue weighted by Gasteiger charge is -2.22. The summed E-state index contributed by atoms with van der Waals surface area (Å²) < 4.78 is 5.21. The monoisotopic (exact) mass is 272 g/mol. The normalized spacial score (nSPS) is 18.1. The molecule has 2 N–H and O–H groups in total. The number of carbonyl (C=O) groups excluding carboxylic acids is 1. The smallest absolute Gasteiger partial charge is 0.169 e. The highest BCUT2D eigenvalue weighted by atomic mass is 16.5. The maximum Gasteiger partial charge on any atom is 0.169 e. The van der Waals surface area contributed by atoms with Crippen LogP contribution < -0.4 is 4.74 Å². The maximum atomic E-state index is 12.3. The van der Waals surface area contributed by atoms with Crippen LogP contribution in [0.25, 0.3) is 10.8 Å². The van der Waals surface area contributed by atoms with Crippen LogP contribution in [0.5, 0.6) is 17.2 Å². The Morgan fingerprint density at radius 2 is 2.00 bits per heavy atom. The molecule has 0 saturated carbocycles. The highest BCUT2D eigenvalue weighted by Gasteiger charge is 2.29. The van der Waals surface area contributed by atoms with E-state index >= 15 is 0 Å². The van der Waals surface area contributed by atoms with Gasteiger partial charge in [0.05, 0.1) is 12.7 Å². The van der Waals surface area contributed by atoms with E-state index in [4.69, 9.17) is 4.74 Å². The standard InChI is InChI=1S/C16H16O4/c1-8-3-4-9-7-11-10(15(19)13(9)14(8)18)5-6-12(17)16(11)20-2/h5-8,17,19H,3-4H2,1-2H3. The highest BCUT2D eigenvalue weighted by Crippen LogP contribution is 2.43. The molecule has 4 nitrogen and oxygen atoms in total. The SMILES string of the molecule is COc1c(O)ccc2c(O)c3c(cc12)CCC(C)C3=O. The number of aromatic hydroxyl groups is 2. The fraction of sp³-hybridized carbons (Fsp3) is 0.312. The van der Waals surface area contributed by atoms with Crippen molar-refractivity contribution >= 4 is 16.6 Å². The van der Waals surface area contributed by atoms with E-state index in [0.29, 0.717) is 22.1 Å². The van der Waals surface area contributed by atoms with Crippen LogP contribution in [0.3, 0.4) is 0 Å². The van der Waals surface area contributed by atoms with Crippen LogP contribution >= 0.6 is 0 Å². The Labute approximate surface area is 116 Å². The molecule has 2 aromatic carbocycles. The number of hydrogen-bond donors (Lipinski definition) is 2. The van der Waals surface area contributed by atoms with Gasteiger partial charge in [0.2, 0.25) is 0 Å². The van der Waals surface area contributed by atoms with Crippen molar-refractivity contribution in [3.8, 4) is 17.2 Å². The van der Waals surface area contributed by atoms with Crippen molar-refractivity contribution in [1.82, 2.24) is 0 Å². The van der Waals surface area contributed by atoms with Gasteiger partial charge in [-0.3, -0.25) is 4.79 Å². The van der Waals surface area contributed by atoms with Gasteiger partial charge < -0.3 is 14.9 Å². The van der Waals surface area contributed by atoms with E-state index in [1.54, 1.807) is 6.07 Å². The summed E-state index contributed by atoms with van der Waals surface area (Å²) in [5.41, 5.74) is 1.24. The van der Waals surface area contributed by atoms with Crippen molar-refractivity contribution in [1.29, 1.82) is 0 Å². The van der Waals surface area contributed by atoms with Gasteiger partial charge in [0.1, 0.15) is 5.75 Å². The predicted molar refractivity (Wildman–Crippen MR) is 75.6 cm³/mol. The summed E-state index contributed by atoms with van der Waals surface area (Å²) in [4.78, 5) is 12.3. The topological polar surface area (TPSA) is 66.8 Å². The fourth-order valence-corrected chi connectivity index (χ4v) is 2.91. The Balaban J connectivity index is 2.39. The Kier molecular flexibility index (Phi) is 2.82. The van der Waals surface area contributed by atoms with Crippen molar-refractivity contribution in [3.05, 3.63) is 29.3 Å². The first-order valence-corrected chi connectivity index (χ1v) is 6.63. The minimum absolute atomic E-state index is 0.00708. The molecule has 1 unspecified atom stereocenters. The van der Waals surface area contributed by atoms with Crippen molar-refractivity contribution in [2.24, 2.45) is 5.92 Å². The summed E-state index contributed by atoms with van der Waals surface area (Å²) in [6.45, 7) is 1.88. The minimum Gasteiger partial charge on any atom is -0.507 e. The average Bonchev–Trinajstić information content (AvgIpc) is 2.43. The molecule has 1 aliphatic rings. The number of phenolic OH excluding ortho intramolecular Hbond substituents is 2. The second-order valence-electron chi connectivity index (χ2n) is 5.28. The van der Waals surface area contributed by atoms with E-state index < -0.39 is 0 Å². The first-order valence-electron chi connectivity index (χ1n) is 6.63. The van der Waals surface area contributed by atoms with Crippen molar-refractivity contribution in [3.63, 3.8) is 0 Å². The molecule has 4 heteroatoms. The molecule has 0 amide bonds. The second-order valence-corrected chi connectivity index (χ2v) is 5.28. The van der Waals surface area contributed by atoms with Crippen LogP contribution in [0.4, 0.5) is 0 Å². The van der Waals surface area contributed by atoms with Crippen LogP contribution in [-0.2, 0) is 6.42 Å². The Morgan fingerprint density at radius 3 is 2.70 bits per heavy atom. The number of rotatable bonds is 1. The molecule has 1 atom stereocenters. The molecule has 104 valence electrons. The van der Waals surface area contributed by atoms with Crippen LogP contribution in [-0.4, -0.2) is 23.1 Å². The largest absolute Gasteiger partial charge is 0.507 e. The van der Waals surface area contributed by atoms with Gasteiger partial charge in [-0.1, -0.05) is 6.92 Å². The number of hydrogen-bond acceptors (Lipinski definition) is 4. The van der Waals surface area contributed by atoms with Crippen molar-refractivity contribution < 1.29 is 19.7 Å². The number of carbonyl (C=O) groups is 1. The van der Waals surface area contributed by atoms with Gasteiger partial charge in [0.25, 0.3) is 0 Å². The fourth-order valence-electron chi connectivity index (χ4n) is 2.91. The summed E-state index contributed by atoms with van der Waals surface area (Å²) in [7, 11) is 1.47. The number of fused-ring (bicyclic) bond motifs is 2. The summed E-state index contributed by atoms with van der Waals surface area (Å²) in [6.07, 6.45) is 1.52. The molecule has 0 heterocycles. The van der Waals surface area contributed by atoms with E-state index in [2.05, 4.69) is 0 Å². The van der Waals surface area contributed by atoms with Gasteiger partial charge in [0, 0.05) is 16.7 Å². The zero-order valence-electron chi connectivity index (χ0n) is 11.4. The van der Waals surface area contributed by atoms with Crippen LogP contribution in [0, 0.1) is 5.92 Å². The van der Waals surface area contributed by atoms with Gasteiger partial charge in [-0.15, -0.1) is 0 Å². The minimum atomic E-state index is -0.0649. The molecule has 0 radical (unpaired) electrons. The van der Waals surface area contributed by atoms with Gasteiger partial charge in [-0.25, -0.2) is 0 Å². The number of phenols is 2. The van der Waals surface area contributed by atoms with E-state index in [1.807, 2.05) is 13.0 Å². The van der Waals surface area contributed by atoms with E-state index in [1.165, 1.54) is 13.2 Å². The van der Waals surface area contributed by atoms with Gasteiger partial charge in [-0.05, 0) is 36.6 Å². The van der Waals surface area contributed by atoms with E-state index in [-0.39, 0.29) is 23.2 Å². The molecule has 1 aliphatic carbocycles. The highest BCUT2D eigenvalue weighted by molar-refractivity contribution is 6.09. The molecular weight excluding hydrogens is 256 g/mol. The summed E-state index contributed by atoms with van der Waals surface area (Å²) in [5.74, 6) is 0.261. The summed E-state index contributed by atoms with van der Waals surface area (Å²) in [5, 5.41) is 21.4. The molecular formula is C16H16O4. The lowest BCUT2D eigenvalue weighted by Crippen LogP contribution is -2.20. The molecule has 20 heavy (non-hydrogen) atoms. The van der Waals surface area contributed by atoms with Gasteiger partial charge in [0.15, 0.2) is 17.3 Å². The molecule has 0 aliphatic heterocycles. The number of ketones is 1. The first-order chi connectivity index (χ1) is 9.54. The van der Waals surface area contributed by atoms with E-state index in [0.717, 1.165) is 18.4 Å². The van der Waals surface area contributed by atoms with Crippen LogP contribution in [0.15, 0.2) is 18.2 Å². The lowest BCUT2D eigenvalue weighted by atomic mass is 9.81. The van der Waals surface area contributed by atoms with Crippen molar-refractivity contribution in [2.45, 2.75) is 19.8 Å². The third kappa shape index (κ3) is 1.64. The first kappa shape index (κ1) is 12.8. The third-order valence-corrected chi connectivity index (χ3v) is 4.05. The Hall–Kier alpha value is -2.23. The van der Waals surface area contributed by atoms with Crippen LogP contribution in [0.1, 0.15) is 29.3 Å². The Morgan fingerprint density at radius 1 is 1.25 bits per heavy atom. The predicted octanol–water partition coefficient (Wildman–Crippen LogP) is 3.02. The van der Waals surface area contributed by atoms with Gasteiger partial charge >= 0.3 is 0 Å². The van der Waals surface area contributed by atoms with Crippen molar-refractivity contribution in [2.75, 3.05) is 7.11 Å². The van der Waals surface area contributed by atoms with Crippen LogP contribution in [0.2, 0.25) is 0 Å². The maximum absolute atomic E-state index is 12.3. The quantitative estimate of drug-likeness (QED) is 0.837. The number of aryl methyl sites for hydroxylation is 1. The number of methoxy groups -OCH3 is 1. The summed E-state index contributed by atoms with van der Waals surface area (Å²) in [6, 6.07) is 4.91. The number of Topliss-reactive ketones (excluding diaryl/α,β-unsaturated/α-hetero) is 1. The van der Waals surface area contributed by atoms with E-state index in [9.17, 15) is 15.0 Å². The zero-order valence-corrected chi connectivity index (χ0v) is 11.4. The molecule has 0 aromatic heterocycles. The molecule has 0 bridgehead atoms. The average molecular weight is 272 g/mol. The van der Waals surface area contributed by atoms with Gasteiger partial charge in [-0.2, -0.15) is 0 Å². The summed E-state index contributed by atoms with van der Waals surface area (Å²) >= 11 is 0. The lowest BCUT2D eigenvalue weighted by molar-refractivity contribution is 0.0911. The molecule has 0 fully saturated rings. The zero-order chi connectivity index (χ0) is 14.4. The number of benzene rings is 2. The second kappa shape index (κ2) is 4.40.